The van der Waals surface area contributed by atoms with Crippen LogP contribution in [0.5, 0.6) is 0 Å². The van der Waals surface area contributed by atoms with Gasteiger partial charge in [-0.25, -0.2) is 0 Å². The van der Waals surface area contributed by atoms with Crippen LogP contribution in [-0.2, 0) is 20.7 Å². The van der Waals surface area contributed by atoms with Gasteiger partial charge in [0.25, 0.3) is 11.8 Å². The Bertz CT molecular complexity index is 1490. The van der Waals surface area contributed by atoms with Crippen LogP contribution in [0.25, 0.3) is 10.8 Å². The standard InChI is InChI=1S/C31H27NO5/c33-25-12-7-13-26-27(25)28-21-15-14-19-8-1-2-9-20(19)24(21)18-31(36-26,37-28)16-5-6-17-32-29(34)22-10-3-4-11-23(22)30(32)35/h1-4,8-11,14-15,28H,5-7,12-13,16-18H2/t28?,31-/m1/s1. The Morgan fingerprint density at radius 1 is 0.865 bits per heavy atom. The third-order valence-electron chi connectivity index (χ3n) is 8.19. The maximum atomic E-state index is 13.0. The summed E-state index contributed by atoms with van der Waals surface area (Å²) in [5, 5.41) is 2.32. The zero-order chi connectivity index (χ0) is 25.1. The molecule has 186 valence electrons. The van der Waals surface area contributed by atoms with Crippen molar-refractivity contribution >= 4 is 28.4 Å². The average molecular weight is 494 g/mol. The van der Waals surface area contributed by atoms with Crippen LogP contribution < -0.4 is 0 Å². The first-order valence-corrected chi connectivity index (χ1v) is 13.1. The fraction of sp³-hybridized carbons (Fsp3) is 0.323. The zero-order valence-corrected chi connectivity index (χ0v) is 20.5. The van der Waals surface area contributed by atoms with Gasteiger partial charge in [-0.1, -0.05) is 48.5 Å². The summed E-state index contributed by atoms with van der Waals surface area (Å²) in [6.07, 6.45) is 4.23. The number of unbranched alkanes of at least 4 members (excludes halogenated alkanes) is 1. The molecule has 3 aromatic carbocycles. The number of Topliss-reactive ketones (excluding diaryl/α,β-unsaturated/α-hetero) is 1. The van der Waals surface area contributed by atoms with E-state index in [0.29, 0.717) is 48.9 Å². The largest absolute Gasteiger partial charge is 0.466 e. The summed E-state index contributed by atoms with van der Waals surface area (Å²) >= 11 is 0. The van der Waals surface area contributed by atoms with Gasteiger partial charge < -0.3 is 9.47 Å². The first kappa shape index (κ1) is 22.4. The topological polar surface area (TPSA) is 72.9 Å². The number of ether oxygens (including phenoxy) is 2. The van der Waals surface area contributed by atoms with Crippen molar-refractivity contribution in [2.45, 2.75) is 56.8 Å². The van der Waals surface area contributed by atoms with Crippen LogP contribution in [0.15, 0.2) is 72.0 Å². The molecule has 0 saturated carbocycles. The number of hydrogen-bond donors (Lipinski definition) is 0. The summed E-state index contributed by atoms with van der Waals surface area (Å²) in [5.41, 5.74) is 3.88. The summed E-state index contributed by atoms with van der Waals surface area (Å²) < 4.78 is 13.2. The number of hydrogen-bond acceptors (Lipinski definition) is 5. The molecular weight excluding hydrogens is 466 g/mol. The first-order chi connectivity index (χ1) is 18.0. The van der Waals surface area contributed by atoms with Crippen molar-refractivity contribution in [3.05, 3.63) is 94.2 Å². The highest BCUT2D eigenvalue weighted by molar-refractivity contribution is 6.21. The molecule has 0 radical (unpaired) electrons. The minimum absolute atomic E-state index is 0.117. The van der Waals surface area contributed by atoms with E-state index >= 15 is 0 Å². The predicted molar refractivity (Wildman–Crippen MR) is 137 cm³/mol. The molecule has 0 N–H and O–H groups in total. The highest BCUT2D eigenvalue weighted by Crippen LogP contribution is 2.52. The van der Waals surface area contributed by atoms with E-state index < -0.39 is 11.9 Å². The van der Waals surface area contributed by atoms with E-state index in [9.17, 15) is 14.4 Å². The first-order valence-electron chi connectivity index (χ1n) is 13.1. The summed E-state index contributed by atoms with van der Waals surface area (Å²) in [5.74, 6) is -0.409. The minimum Gasteiger partial charge on any atom is -0.466 e. The molecular formula is C31H27NO5. The predicted octanol–water partition coefficient (Wildman–Crippen LogP) is 5.65. The lowest BCUT2D eigenvalue weighted by atomic mass is 9.79. The van der Waals surface area contributed by atoms with Crippen molar-refractivity contribution in [3.8, 4) is 0 Å². The number of allylic oxidation sites excluding steroid dienone is 1. The monoisotopic (exact) mass is 493 g/mol. The molecule has 3 aromatic rings. The van der Waals surface area contributed by atoms with Crippen LogP contribution in [0.1, 0.15) is 76.5 Å². The van der Waals surface area contributed by atoms with Gasteiger partial charge in [0.1, 0.15) is 11.9 Å². The van der Waals surface area contributed by atoms with Crippen molar-refractivity contribution in [1.29, 1.82) is 0 Å². The molecule has 2 bridgehead atoms. The number of imide groups is 1. The molecule has 37 heavy (non-hydrogen) atoms. The van der Waals surface area contributed by atoms with Gasteiger partial charge in [0, 0.05) is 32.2 Å². The van der Waals surface area contributed by atoms with Crippen molar-refractivity contribution in [1.82, 2.24) is 4.90 Å². The van der Waals surface area contributed by atoms with E-state index in [1.807, 2.05) is 12.1 Å². The van der Waals surface area contributed by atoms with Gasteiger partial charge in [-0.05, 0) is 53.3 Å². The lowest BCUT2D eigenvalue weighted by Gasteiger charge is -2.48. The minimum atomic E-state index is -0.861. The second-order valence-electron chi connectivity index (χ2n) is 10.4. The van der Waals surface area contributed by atoms with Gasteiger partial charge in [0.15, 0.2) is 5.78 Å². The van der Waals surface area contributed by atoms with E-state index in [0.717, 1.165) is 36.0 Å². The molecule has 6 nitrogen and oxygen atoms in total. The number of nitrogens with zero attached hydrogens (tertiary/aromatic N) is 1. The summed E-state index contributed by atoms with van der Waals surface area (Å²) in [4.78, 5) is 39.8. The second-order valence-corrected chi connectivity index (χ2v) is 10.4. The molecule has 7 rings (SSSR count). The Balaban J connectivity index is 1.16. The fourth-order valence-corrected chi connectivity index (χ4v) is 6.42. The number of benzene rings is 3. The molecule has 2 atom stereocenters. The highest BCUT2D eigenvalue weighted by Gasteiger charge is 2.50. The van der Waals surface area contributed by atoms with Crippen LogP contribution in [-0.4, -0.2) is 34.8 Å². The molecule has 2 amide bonds. The lowest BCUT2D eigenvalue weighted by Crippen LogP contribution is -2.48. The van der Waals surface area contributed by atoms with Gasteiger partial charge in [-0.3, -0.25) is 19.3 Å². The van der Waals surface area contributed by atoms with Gasteiger partial charge in [-0.15, -0.1) is 0 Å². The van der Waals surface area contributed by atoms with Crippen LogP contribution in [0.2, 0.25) is 0 Å². The number of ketones is 1. The molecule has 0 saturated heterocycles. The van der Waals surface area contributed by atoms with Gasteiger partial charge >= 0.3 is 0 Å². The lowest BCUT2D eigenvalue weighted by molar-refractivity contribution is -0.264. The Kier molecular flexibility index (Phi) is 5.08. The van der Waals surface area contributed by atoms with Gasteiger partial charge in [0.05, 0.1) is 16.7 Å². The maximum absolute atomic E-state index is 13.0. The van der Waals surface area contributed by atoms with Crippen LogP contribution in [0.3, 0.4) is 0 Å². The van der Waals surface area contributed by atoms with Crippen molar-refractivity contribution in [2.24, 2.45) is 0 Å². The molecule has 3 aliphatic heterocycles. The molecule has 1 aliphatic carbocycles. The average Bonchev–Trinajstić information content (AvgIpc) is 3.16. The highest BCUT2D eigenvalue weighted by atomic mass is 16.7. The van der Waals surface area contributed by atoms with Crippen LogP contribution >= 0.6 is 0 Å². The Hall–Kier alpha value is -3.77. The summed E-state index contributed by atoms with van der Waals surface area (Å²) in [6.45, 7) is 0.359. The van der Waals surface area contributed by atoms with Crippen LogP contribution in [0.4, 0.5) is 0 Å². The van der Waals surface area contributed by atoms with Crippen molar-refractivity contribution < 1.29 is 23.9 Å². The van der Waals surface area contributed by atoms with Gasteiger partial charge in [-0.2, -0.15) is 0 Å². The normalized spacial score (nSPS) is 24.2. The van der Waals surface area contributed by atoms with Crippen molar-refractivity contribution in [3.63, 3.8) is 0 Å². The van der Waals surface area contributed by atoms with Gasteiger partial charge in [0.2, 0.25) is 5.79 Å². The smallest absolute Gasteiger partial charge is 0.261 e. The summed E-state index contributed by atoms with van der Waals surface area (Å²) in [7, 11) is 0. The maximum Gasteiger partial charge on any atom is 0.261 e. The molecule has 0 aromatic heterocycles. The fourth-order valence-electron chi connectivity index (χ4n) is 6.42. The van der Waals surface area contributed by atoms with Crippen LogP contribution in [0, 0.1) is 0 Å². The van der Waals surface area contributed by atoms with E-state index in [2.05, 4.69) is 24.3 Å². The number of amides is 2. The molecule has 1 unspecified atom stereocenters. The molecule has 6 heteroatoms. The van der Waals surface area contributed by atoms with Crippen molar-refractivity contribution in [2.75, 3.05) is 6.54 Å². The number of rotatable bonds is 5. The third kappa shape index (κ3) is 3.46. The second kappa shape index (κ2) is 8.38. The Labute approximate surface area is 214 Å². The Morgan fingerprint density at radius 3 is 2.43 bits per heavy atom. The van der Waals surface area contributed by atoms with E-state index in [1.54, 1.807) is 24.3 Å². The molecule has 0 fully saturated rings. The SMILES string of the molecule is O=C1CCCC2=C1C1O[C@](CCCCN3C(=O)c4ccccc4C3=O)(Cc3c1ccc1ccccc31)O2. The van der Waals surface area contributed by atoms with E-state index in [4.69, 9.17) is 9.47 Å². The molecule has 0 spiro atoms. The number of carbonyl (C=O) groups excluding carboxylic acids is 3. The van der Waals surface area contributed by atoms with E-state index in [-0.39, 0.29) is 17.6 Å². The zero-order valence-electron chi connectivity index (χ0n) is 20.5. The number of fused-ring (bicyclic) bond motifs is 8. The third-order valence-corrected chi connectivity index (χ3v) is 8.19. The molecule has 3 heterocycles. The quantitative estimate of drug-likeness (QED) is 0.339. The van der Waals surface area contributed by atoms with E-state index in [1.165, 1.54) is 15.8 Å². The Morgan fingerprint density at radius 2 is 1.62 bits per heavy atom. The molecule has 4 aliphatic rings. The summed E-state index contributed by atoms with van der Waals surface area (Å²) in [6, 6.07) is 19.5. The number of carbonyl (C=O) groups is 3.